The normalized spacial score (nSPS) is 20.7. The lowest BCUT2D eigenvalue weighted by atomic mass is 9.81. The average molecular weight is 503 g/mol. The summed E-state index contributed by atoms with van der Waals surface area (Å²) in [6.45, 7) is 5.87. The average Bonchev–Trinajstić information content (AvgIpc) is 2.78. The number of esters is 1. The van der Waals surface area contributed by atoms with E-state index in [2.05, 4.69) is 23.5 Å². The quantitative estimate of drug-likeness (QED) is 0.470. The molecule has 1 N–H and O–H groups in total. The van der Waals surface area contributed by atoms with Crippen LogP contribution in [0.15, 0.2) is 36.4 Å². The fourth-order valence-corrected chi connectivity index (χ4v) is 5.49. The highest BCUT2D eigenvalue weighted by atomic mass is 35.5. The molecule has 0 spiro atoms. The number of carbonyl (C=O) groups is 2. The zero-order valence-corrected chi connectivity index (χ0v) is 21.5. The Labute approximate surface area is 211 Å². The molecule has 0 atom stereocenters. The highest BCUT2D eigenvalue weighted by Gasteiger charge is 2.30. The van der Waals surface area contributed by atoms with Crippen molar-refractivity contribution in [1.29, 1.82) is 0 Å². The fraction of sp³-hybridized carbons (Fsp3) is 0.481. The largest absolute Gasteiger partial charge is 0.459 e. The summed E-state index contributed by atoms with van der Waals surface area (Å²) in [5, 5.41) is 4.29. The zero-order chi connectivity index (χ0) is 24.5. The Bertz CT molecular complexity index is 1050. The van der Waals surface area contributed by atoms with Gasteiger partial charge >= 0.3 is 5.97 Å². The van der Waals surface area contributed by atoms with Crippen LogP contribution in [0.3, 0.4) is 0 Å². The molecule has 7 heteroatoms. The highest BCUT2D eigenvalue weighted by molar-refractivity contribution is 6.40. The second kappa shape index (κ2) is 10.3. The number of ether oxygens (including phenoxy) is 1. The molecule has 2 aliphatic rings. The molecular formula is C27H32Cl2N2O3. The van der Waals surface area contributed by atoms with Crippen molar-refractivity contribution >= 4 is 46.5 Å². The molecule has 0 aromatic heterocycles. The maximum absolute atomic E-state index is 13.0. The Morgan fingerprint density at radius 2 is 1.74 bits per heavy atom. The van der Waals surface area contributed by atoms with E-state index in [4.69, 9.17) is 27.9 Å². The van der Waals surface area contributed by atoms with Crippen molar-refractivity contribution in [3.8, 4) is 0 Å². The van der Waals surface area contributed by atoms with Gasteiger partial charge in [-0.15, -0.1) is 0 Å². The number of hydrogen-bond acceptors (Lipinski definition) is 4. The molecule has 0 bridgehead atoms. The van der Waals surface area contributed by atoms with Gasteiger partial charge in [-0.25, -0.2) is 0 Å². The molecule has 34 heavy (non-hydrogen) atoms. The third kappa shape index (κ3) is 5.76. The maximum Gasteiger partial charge on any atom is 0.320 e. The molecule has 2 aromatic carbocycles. The number of anilines is 2. The van der Waals surface area contributed by atoms with Crippen molar-refractivity contribution in [3.05, 3.63) is 57.6 Å². The molecule has 182 valence electrons. The van der Waals surface area contributed by atoms with E-state index in [1.54, 1.807) is 23.1 Å². The predicted octanol–water partition coefficient (Wildman–Crippen LogP) is 6.56. The summed E-state index contributed by atoms with van der Waals surface area (Å²) in [5.74, 6) is 0.201. The van der Waals surface area contributed by atoms with Crippen molar-refractivity contribution in [2.45, 2.75) is 76.9 Å². The van der Waals surface area contributed by atoms with E-state index >= 15 is 0 Å². The number of aryl methyl sites for hydroxylation is 1. The van der Waals surface area contributed by atoms with Gasteiger partial charge in [0.15, 0.2) is 0 Å². The molecular weight excluding hydrogens is 471 g/mol. The summed E-state index contributed by atoms with van der Waals surface area (Å²) in [6, 6.07) is 12.1. The standard InChI is InChI=1S/C27H32Cl2N2O3/c1-27(2,3)34-25(33)16-30-20-12-9-17(10-13-20)19-8-7-18-11-14-24(32)31(23(18)15-19)26-21(28)5-4-6-22(26)29/h4-8,15,17,20,30H,9-14,16H2,1-3H3. The highest BCUT2D eigenvalue weighted by Crippen LogP contribution is 2.44. The summed E-state index contributed by atoms with van der Waals surface area (Å²) in [7, 11) is 0. The van der Waals surface area contributed by atoms with E-state index in [9.17, 15) is 9.59 Å². The van der Waals surface area contributed by atoms with E-state index in [0.717, 1.165) is 36.9 Å². The van der Waals surface area contributed by atoms with Crippen LogP contribution >= 0.6 is 23.2 Å². The van der Waals surface area contributed by atoms with Gasteiger partial charge in [-0.2, -0.15) is 0 Å². The molecule has 2 aromatic rings. The second-order valence-corrected chi connectivity index (χ2v) is 11.0. The monoisotopic (exact) mass is 502 g/mol. The number of nitrogens with zero attached hydrogens (tertiary/aromatic N) is 1. The number of benzene rings is 2. The maximum atomic E-state index is 13.0. The number of fused-ring (bicyclic) bond motifs is 1. The minimum atomic E-state index is -0.466. The van der Waals surface area contributed by atoms with Crippen LogP contribution in [0.4, 0.5) is 11.4 Å². The lowest BCUT2D eigenvalue weighted by molar-refractivity contribution is -0.153. The van der Waals surface area contributed by atoms with Crippen molar-refractivity contribution < 1.29 is 14.3 Å². The zero-order valence-electron chi connectivity index (χ0n) is 20.0. The van der Waals surface area contributed by atoms with Crippen LogP contribution in [0.2, 0.25) is 10.0 Å². The topological polar surface area (TPSA) is 58.6 Å². The Morgan fingerprint density at radius 3 is 2.38 bits per heavy atom. The second-order valence-electron chi connectivity index (χ2n) is 10.2. The Hall–Kier alpha value is -2.08. The van der Waals surface area contributed by atoms with Gasteiger partial charge in [0.25, 0.3) is 0 Å². The Morgan fingerprint density at radius 1 is 1.06 bits per heavy atom. The number of halogens is 2. The smallest absolute Gasteiger partial charge is 0.320 e. The van der Waals surface area contributed by atoms with Crippen LogP contribution in [0.25, 0.3) is 0 Å². The first-order chi connectivity index (χ1) is 16.1. The number of amides is 1. The van der Waals surface area contributed by atoms with Gasteiger partial charge in [-0.05, 0) is 88.1 Å². The van der Waals surface area contributed by atoms with Crippen molar-refractivity contribution in [1.82, 2.24) is 5.32 Å². The summed E-state index contributed by atoms with van der Waals surface area (Å²) in [4.78, 5) is 26.7. The fourth-order valence-electron chi connectivity index (χ4n) is 4.93. The van der Waals surface area contributed by atoms with Crippen LogP contribution in [-0.2, 0) is 20.7 Å². The molecule has 1 aliphatic carbocycles. The van der Waals surface area contributed by atoms with E-state index in [1.165, 1.54) is 5.56 Å². The molecule has 1 saturated carbocycles. The summed E-state index contributed by atoms with van der Waals surface area (Å²) >= 11 is 12.9. The predicted molar refractivity (Wildman–Crippen MR) is 137 cm³/mol. The lowest BCUT2D eigenvalue weighted by Gasteiger charge is -2.33. The van der Waals surface area contributed by atoms with E-state index in [0.29, 0.717) is 40.5 Å². The van der Waals surface area contributed by atoms with Crippen LogP contribution in [0.1, 0.15) is 69.9 Å². The van der Waals surface area contributed by atoms with E-state index in [-0.39, 0.29) is 18.4 Å². The lowest BCUT2D eigenvalue weighted by Crippen LogP contribution is -2.38. The van der Waals surface area contributed by atoms with Crippen molar-refractivity contribution in [2.75, 3.05) is 11.4 Å². The first-order valence-electron chi connectivity index (χ1n) is 12.0. The Balaban J connectivity index is 1.46. The van der Waals surface area contributed by atoms with Crippen LogP contribution in [-0.4, -0.2) is 30.1 Å². The molecule has 0 unspecified atom stereocenters. The molecule has 0 radical (unpaired) electrons. The third-order valence-corrected chi connectivity index (χ3v) is 7.13. The molecule has 4 rings (SSSR count). The minimum Gasteiger partial charge on any atom is -0.459 e. The number of para-hydroxylation sites is 1. The number of rotatable bonds is 5. The van der Waals surface area contributed by atoms with E-state index < -0.39 is 5.60 Å². The van der Waals surface area contributed by atoms with Crippen LogP contribution in [0.5, 0.6) is 0 Å². The van der Waals surface area contributed by atoms with Gasteiger partial charge in [-0.3, -0.25) is 14.5 Å². The SMILES string of the molecule is CC(C)(C)OC(=O)CNC1CCC(c2ccc3c(c2)N(c2c(Cl)cccc2Cl)C(=O)CC3)CC1. The van der Waals surface area contributed by atoms with Crippen LogP contribution in [0, 0.1) is 0 Å². The van der Waals surface area contributed by atoms with Crippen molar-refractivity contribution in [3.63, 3.8) is 0 Å². The molecule has 5 nitrogen and oxygen atoms in total. The first-order valence-corrected chi connectivity index (χ1v) is 12.7. The summed E-state index contributed by atoms with van der Waals surface area (Å²) < 4.78 is 5.39. The molecule has 0 saturated heterocycles. The van der Waals surface area contributed by atoms with Gasteiger partial charge in [0, 0.05) is 12.5 Å². The minimum absolute atomic E-state index is 0.00898. The Kier molecular flexibility index (Phi) is 7.56. The molecule has 1 heterocycles. The number of carbonyl (C=O) groups excluding carboxylic acids is 2. The van der Waals surface area contributed by atoms with E-state index in [1.807, 2.05) is 20.8 Å². The molecule has 1 amide bonds. The third-order valence-electron chi connectivity index (χ3n) is 6.52. The van der Waals surface area contributed by atoms with Crippen molar-refractivity contribution in [2.24, 2.45) is 0 Å². The van der Waals surface area contributed by atoms with Gasteiger partial charge in [0.05, 0.1) is 28.0 Å². The van der Waals surface area contributed by atoms with Crippen LogP contribution < -0.4 is 10.2 Å². The summed E-state index contributed by atoms with van der Waals surface area (Å²) in [6.07, 6.45) is 5.17. The summed E-state index contributed by atoms with van der Waals surface area (Å²) in [5.41, 5.74) is 3.34. The number of nitrogens with one attached hydrogen (secondary N) is 1. The van der Waals surface area contributed by atoms with Gasteiger partial charge < -0.3 is 10.1 Å². The van der Waals surface area contributed by atoms with Gasteiger partial charge in [-0.1, -0.05) is 41.4 Å². The number of hydrogen-bond donors (Lipinski definition) is 1. The van der Waals surface area contributed by atoms with Gasteiger partial charge in [0.2, 0.25) is 5.91 Å². The molecule has 1 fully saturated rings. The van der Waals surface area contributed by atoms with Gasteiger partial charge in [0.1, 0.15) is 5.60 Å². The molecule has 1 aliphatic heterocycles. The first kappa shape index (κ1) is 25.0.